The van der Waals surface area contributed by atoms with Crippen molar-refractivity contribution in [2.24, 2.45) is 0 Å². The van der Waals surface area contributed by atoms with Crippen LogP contribution in [0.4, 0.5) is 4.39 Å². The van der Waals surface area contributed by atoms with Gasteiger partial charge in [0.15, 0.2) is 5.76 Å². The van der Waals surface area contributed by atoms with Crippen LogP contribution in [-0.4, -0.2) is 35.1 Å². The van der Waals surface area contributed by atoms with E-state index in [0.29, 0.717) is 13.0 Å². The van der Waals surface area contributed by atoms with E-state index < -0.39 is 6.04 Å². The summed E-state index contributed by atoms with van der Waals surface area (Å²) in [6.45, 7) is 0.531. The van der Waals surface area contributed by atoms with Crippen LogP contribution in [0.25, 0.3) is 0 Å². The highest BCUT2D eigenvalue weighted by Gasteiger charge is 2.36. The third kappa shape index (κ3) is 3.23. The first-order chi connectivity index (χ1) is 12.6. The maximum Gasteiger partial charge on any atom is 0.290 e. The molecule has 26 heavy (non-hydrogen) atoms. The Morgan fingerprint density at radius 2 is 2.15 bits per heavy atom. The summed E-state index contributed by atoms with van der Waals surface area (Å²) in [5.74, 6) is 0.350. The summed E-state index contributed by atoms with van der Waals surface area (Å²) in [6, 6.07) is 7.21. The predicted octanol–water partition coefficient (Wildman–Crippen LogP) is 3.38. The highest BCUT2D eigenvalue weighted by Crippen LogP contribution is 2.36. The number of hydrogen-bond acceptors (Lipinski definition) is 4. The van der Waals surface area contributed by atoms with Crippen LogP contribution in [0.2, 0.25) is 0 Å². The predicted molar refractivity (Wildman–Crippen MR) is 95.4 cm³/mol. The van der Waals surface area contributed by atoms with Crippen molar-refractivity contribution in [3.05, 3.63) is 53.7 Å². The largest absolute Gasteiger partial charge is 0.459 e. The minimum Gasteiger partial charge on any atom is -0.459 e. The fourth-order valence-corrected chi connectivity index (χ4v) is 4.71. The number of amides is 2. The van der Waals surface area contributed by atoms with Gasteiger partial charge in [-0.25, -0.2) is 4.39 Å². The van der Waals surface area contributed by atoms with E-state index in [1.807, 2.05) is 0 Å². The van der Waals surface area contributed by atoms with Gasteiger partial charge in [-0.2, -0.15) is 0 Å². The monoisotopic (exact) mass is 374 g/mol. The quantitative estimate of drug-likeness (QED) is 0.895. The van der Waals surface area contributed by atoms with E-state index in [-0.39, 0.29) is 29.4 Å². The summed E-state index contributed by atoms with van der Waals surface area (Å²) in [4.78, 5) is 28.0. The summed E-state index contributed by atoms with van der Waals surface area (Å²) >= 11 is 1.67. The smallest absolute Gasteiger partial charge is 0.290 e. The van der Waals surface area contributed by atoms with Crippen LogP contribution in [0.15, 0.2) is 45.9 Å². The Bertz CT molecular complexity index is 824. The van der Waals surface area contributed by atoms with Crippen molar-refractivity contribution < 1.29 is 18.4 Å². The fourth-order valence-electron chi connectivity index (χ4n) is 3.61. The number of nitrogens with zero attached hydrogens (tertiary/aromatic N) is 1. The fraction of sp³-hybridized carbons (Fsp3) is 0.368. The molecular formula is C19H19FN2O3S. The molecule has 0 spiro atoms. The number of carbonyl (C=O) groups is 2. The average molecular weight is 374 g/mol. The minimum atomic E-state index is -0.515. The molecule has 136 valence electrons. The van der Waals surface area contributed by atoms with Gasteiger partial charge in [0.25, 0.3) is 5.91 Å². The lowest BCUT2D eigenvalue weighted by Gasteiger charge is -2.29. The second-order valence-electron chi connectivity index (χ2n) is 6.51. The molecule has 2 aliphatic heterocycles. The van der Waals surface area contributed by atoms with E-state index >= 15 is 0 Å². The van der Waals surface area contributed by atoms with Crippen LogP contribution >= 0.6 is 11.8 Å². The lowest BCUT2D eigenvalue weighted by Crippen LogP contribution is -2.47. The van der Waals surface area contributed by atoms with Crippen molar-refractivity contribution in [2.75, 3.05) is 12.3 Å². The zero-order valence-electron chi connectivity index (χ0n) is 14.1. The van der Waals surface area contributed by atoms with Gasteiger partial charge in [-0.3, -0.25) is 9.59 Å². The molecule has 0 bridgehead atoms. The van der Waals surface area contributed by atoms with E-state index in [4.69, 9.17) is 4.42 Å². The van der Waals surface area contributed by atoms with Gasteiger partial charge in [-0.1, -0.05) is 0 Å². The van der Waals surface area contributed by atoms with E-state index in [9.17, 15) is 14.0 Å². The van der Waals surface area contributed by atoms with Gasteiger partial charge >= 0.3 is 0 Å². The maximum atomic E-state index is 13.6. The van der Waals surface area contributed by atoms with Crippen LogP contribution in [0.3, 0.4) is 0 Å². The molecule has 3 heterocycles. The number of furan rings is 1. The standard InChI is InChI=1S/C19H19FN2O3S/c20-12-5-6-17-13(11-12)14(7-10-26-17)21-18(23)15-3-1-8-22(15)19(24)16-4-2-9-25-16/h2,4-6,9,11,14-15H,1,3,7-8,10H2,(H,21,23)/t14-,15+/m1/s1. The Balaban J connectivity index is 1.50. The summed E-state index contributed by atoms with van der Waals surface area (Å²) in [5, 5.41) is 3.03. The summed E-state index contributed by atoms with van der Waals surface area (Å²) < 4.78 is 18.8. The molecule has 7 heteroatoms. The molecule has 0 aliphatic carbocycles. The molecular weight excluding hydrogens is 355 g/mol. The molecule has 0 radical (unpaired) electrons. The maximum absolute atomic E-state index is 13.6. The van der Waals surface area contributed by atoms with Gasteiger partial charge in [-0.05, 0) is 55.2 Å². The lowest BCUT2D eigenvalue weighted by molar-refractivity contribution is -0.125. The average Bonchev–Trinajstić information content (AvgIpc) is 3.33. The Hall–Kier alpha value is -2.28. The van der Waals surface area contributed by atoms with Gasteiger partial charge in [0.05, 0.1) is 12.3 Å². The lowest BCUT2D eigenvalue weighted by atomic mass is 10.0. The van der Waals surface area contributed by atoms with Gasteiger partial charge < -0.3 is 14.6 Å². The Morgan fingerprint density at radius 3 is 2.96 bits per heavy atom. The number of halogens is 1. The number of likely N-dealkylation sites (tertiary alicyclic amines) is 1. The van der Waals surface area contributed by atoms with Crippen LogP contribution in [0.1, 0.15) is 41.4 Å². The van der Waals surface area contributed by atoms with Gasteiger partial charge in [0.1, 0.15) is 11.9 Å². The molecule has 2 aliphatic rings. The van der Waals surface area contributed by atoms with Gasteiger partial charge in [-0.15, -0.1) is 11.8 Å². The van der Waals surface area contributed by atoms with Crippen LogP contribution in [-0.2, 0) is 4.79 Å². The van der Waals surface area contributed by atoms with Crippen molar-refractivity contribution in [1.82, 2.24) is 10.2 Å². The topological polar surface area (TPSA) is 62.6 Å². The molecule has 4 rings (SSSR count). The number of hydrogen-bond donors (Lipinski definition) is 1. The molecule has 1 aromatic carbocycles. The number of carbonyl (C=O) groups excluding carboxylic acids is 2. The van der Waals surface area contributed by atoms with Crippen molar-refractivity contribution in [2.45, 2.75) is 36.2 Å². The first-order valence-corrected chi connectivity index (χ1v) is 9.69. The summed E-state index contributed by atoms with van der Waals surface area (Å²) in [5.41, 5.74) is 0.816. The number of fused-ring (bicyclic) bond motifs is 1. The molecule has 1 N–H and O–H groups in total. The minimum absolute atomic E-state index is 0.186. The molecule has 1 aromatic heterocycles. The Kier molecular flexibility index (Phi) is 4.72. The van der Waals surface area contributed by atoms with Crippen molar-refractivity contribution >= 4 is 23.6 Å². The van der Waals surface area contributed by atoms with Crippen LogP contribution in [0, 0.1) is 5.82 Å². The molecule has 0 saturated carbocycles. The first-order valence-electron chi connectivity index (χ1n) is 8.70. The van der Waals surface area contributed by atoms with Crippen LogP contribution in [0.5, 0.6) is 0 Å². The molecule has 2 aromatic rings. The summed E-state index contributed by atoms with van der Waals surface area (Å²) in [7, 11) is 0. The molecule has 1 saturated heterocycles. The molecule has 1 fully saturated rings. The molecule has 2 amide bonds. The Labute approximate surface area is 154 Å². The number of benzene rings is 1. The molecule has 5 nitrogen and oxygen atoms in total. The molecule has 0 unspecified atom stereocenters. The van der Waals surface area contributed by atoms with E-state index in [2.05, 4.69) is 5.32 Å². The SMILES string of the molecule is O=C(N[C@@H]1CCSc2ccc(F)cc21)[C@@H]1CCCN1C(=O)c1ccco1. The van der Waals surface area contributed by atoms with Crippen molar-refractivity contribution in [3.8, 4) is 0 Å². The van der Waals surface area contributed by atoms with Crippen molar-refractivity contribution in [3.63, 3.8) is 0 Å². The summed E-state index contributed by atoms with van der Waals surface area (Å²) in [6.07, 6.45) is 3.58. The molecule has 2 atom stereocenters. The Morgan fingerprint density at radius 1 is 1.27 bits per heavy atom. The normalized spacial score (nSPS) is 22.1. The van der Waals surface area contributed by atoms with Crippen molar-refractivity contribution in [1.29, 1.82) is 0 Å². The number of nitrogens with one attached hydrogen (secondary N) is 1. The van der Waals surface area contributed by atoms with Gasteiger partial charge in [0, 0.05) is 17.2 Å². The highest BCUT2D eigenvalue weighted by molar-refractivity contribution is 7.99. The van der Waals surface area contributed by atoms with E-state index in [1.165, 1.54) is 18.4 Å². The second kappa shape index (κ2) is 7.15. The first kappa shape index (κ1) is 17.1. The van der Waals surface area contributed by atoms with Gasteiger partial charge in [0.2, 0.25) is 5.91 Å². The third-order valence-electron chi connectivity index (χ3n) is 4.88. The second-order valence-corrected chi connectivity index (χ2v) is 7.65. The van der Waals surface area contributed by atoms with Crippen LogP contribution < -0.4 is 5.32 Å². The number of rotatable bonds is 3. The zero-order valence-corrected chi connectivity index (χ0v) is 14.9. The zero-order chi connectivity index (χ0) is 18.1. The highest BCUT2D eigenvalue weighted by atomic mass is 32.2. The van der Waals surface area contributed by atoms with E-state index in [1.54, 1.807) is 34.9 Å². The third-order valence-corrected chi connectivity index (χ3v) is 6.00. The number of thioether (sulfide) groups is 1. The van der Waals surface area contributed by atoms with E-state index in [0.717, 1.165) is 29.1 Å².